The minimum Gasteiger partial charge on any atom is -0.454 e. The van der Waals surface area contributed by atoms with E-state index in [1.807, 2.05) is 13.0 Å². The second kappa shape index (κ2) is 7.87. The van der Waals surface area contributed by atoms with E-state index in [0.717, 1.165) is 4.88 Å². The SMILES string of the molecule is Cc1ccc(C(=O)NCC(=O)OCC(=O)Nc2ccc3c(c2)OCO3)s1. The van der Waals surface area contributed by atoms with Crippen molar-refractivity contribution < 1.29 is 28.6 Å². The summed E-state index contributed by atoms with van der Waals surface area (Å²) >= 11 is 1.33. The van der Waals surface area contributed by atoms with Gasteiger partial charge in [0.1, 0.15) is 6.54 Å². The van der Waals surface area contributed by atoms with Crippen LogP contribution in [0.3, 0.4) is 0 Å². The number of fused-ring (bicyclic) bond motifs is 1. The highest BCUT2D eigenvalue weighted by molar-refractivity contribution is 7.13. The number of thiophene rings is 1. The van der Waals surface area contributed by atoms with Crippen LogP contribution in [0.1, 0.15) is 14.5 Å². The number of carbonyl (C=O) groups is 3. The Morgan fingerprint density at radius 1 is 1.15 bits per heavy atom. The second-order valence-corrected chi connectivity index (χ2v) is 6.66. The Morgan fingerprint density at radius 2 is 1.96 bits per heavy atom. The maximum atomic E-state index is 11.8. The molecule has 0 fully saturated rings. The fourth-order valence-electron chi connectivity index (χ4n) is 2.16. The Balaban J connectivity index is 1.40. The summed E-state index contributed by atoms with van der Waals surface area (Å²) in [7, 11) is 0. The lowest BCUT2D eigenvalue weighted by molar-refractivity contribution is -0.146. The Labute approximate surface area is 153 Å². The smallest absolute Gasteiger partial charge is 0.325 e. The first-order valence-electron chi connectivity index (χ1n) is 7.71. The summed E-state index contributed by atoms with van der Waals surface area (Å²) in [6.07, 6.45) is 0. The summed E-state index contributed by atoms with van der Waals surface area (Å²) < 4.78 is 15.2. The molecule has 2 amide bonds. The van der Waals surface area contributed by atoms with Crippen LogP contribution >= 0.6 is 11.3 Å². The van der Waals surface area contributed by atoms with Gasteiger partial charge in [-0.3, -0.25) is 14.4 Å². The zero-order chi connectivity index (χ0) is 18.5. The third-order valence-corrected chi connectivity index (χ3v) is 4.38. The van der Waals surface area contributed by atoms with E-state index in [4.69, 9.17) is 14.2 Å². The Kier molecular flexibility index (Phi) is 5.37. The first kappa shape index (κ1) is 17.7. The van der Waals surface area contributed by atoms with Gasteiger partial charge in [-0.05, 0) is 31.2 Å². The number of esters is 1. The molecule has 8 nitrogen and oxygen atoms in total. The number of carbonyl (C=O) groups excluding carboxylic acids is 3. The van der Waals surface area contributed by atoms with Crippen LogP contribution in [-0.2, 0) is 14.3 Å². The van der Waals surface area contributed by atoms with Crippen molar-refractivity contribution in [2.24, 2.45) is 0 Å². The molecule has 1 aliphatic heterocycles. The number of amides is 2. The number of hydrogen-bond donors (Lipinski definition) is 2. The second-order valence-electron chi connectivity index (χ2n) is 5.37. The maximum Gasteiger partial charge on any atom is 0.325 e. The van der Waals surface area contributed by atoms with E-state index in [1.54, 1.807) is 24.3 Å². The van der Waals surface area contributed by atoms with Crippen molar-refractivity contribution in [2.75, 3.05) is 25.3 Å². The fourth-order valence-corrected chi connectivity index (χ4v) is 2.95. The largest absolute Gasteiger partial charge is 0.454 e. The van der Waals surface area contributed by atoms with Crippen LogP contribution in [-0.4, -0.2) is 37.7 Å². The van der Waals surface area contributed by atoms with Crippen molar-refractivity contribution in [1.29, 1.82) is 0 Å². The molecule has 1 aromatic carbocycles. The molecule has 0 unspecified atom stereocenters. The Morgan fingerprint density at radius 3 is 2.73 bits per heavy atom. The predicted molar refractivity (Wildman–Crippen MR) is 93.5 cm³/mol. The van der Waals surface area contributed by atoms with Gasteiger partial charge in [-0.15, -0.1) is 11.3 Å². The molecule has 0 bridgehead atoms. The van der Waals surface area contributed by atoms with Crippen LogP contribution in [0.15, 0.2) is 30.3 Å². The van der Waals surface area contributed by atoms with E-state index in [-0.39, 0.29) is 19.2 Å². The predicted octanol–water partition coefficient (Wildman–Crippen LogP) is 1.70. The number of benzene rings is 1. The van der Waals surface area contributed by atoms with E-state index in [1.165, 1.54) is 11.3 Å². The molecule has 1 aromatic heterocycles. The molecule has 9 heteroatoms. The third-order valence-electron chi connectivity index (χ3n) is 3.38. The highest BCUT2D eigenvalue weighted by atomic mass is 32.1. The number of hydrogen-bond acceptors (Lipinski definition) is 7. The molecule has 0 radical (unpaired) electrons. The van der Waals surface area contributed by atoms with Gasteiger partial charge >= 0.3 is 5.97 Å². The minimum atomic E-state index is -0.701. The van der Waals surface area contributed by atoms with Crippen molar-refractivity contribution >= 4 is 34.8 Å². The first-order chi connectivity index (χ1) is 12.5. The van der Waals surface area contributed by atoms with Crippen molar-refractivity contribution in [1.82, 2.24) is 5.32 Å². The summed E-state index contributed by atoms with van der Waals surface area (Å²) in [5, 5.41) is 5.03. The van der Waals surface area contributed by atoms with Crippen molar-refractivity contribution in [2.45, 2.75) is 6.92 Å². The van der Waals surface area contributed by atoms with Crippen molar-refractivity contribution in [3.05, 3.63) is 40.1 Å². The molecule has 0 spiro atoms. The normalized spacial score (nSPS) is 11.7. The van der Waals surface area contributed by atoms with Gasteiger partial charge in [0.15, 0.2) is 18.1 Å². The average molecular weight is 376 g/mol. The zero-order valence-electron chi connectivity index (χ0n) is 13.9. The molecule has 3 rings (SSSR count). The topological polar surface area (TPSA) is 103 Å². The lowest BCUT2D eigenvalue weighted by atomic mass is 10.3. The number of rotatable bonds is 6. The van der Waals surface area contributed by atoms with Gasteiger partial charge in [0.05, 0.1) is 4.88 Å². The summed E-state index contributed by atoms with van der Waals surface area (Å²) in [6, 6.07) is 8.44. The van der Waals surface area contributed by atoms with Crippen molar-refractivity contribution in [3.8, 4) is 11.5 Å². The number of ether oxygens (including phenoxy) is 3. The van der Waals surface area contributed by atoms with Gasteiger partial charge in [-0.25, -0.2) is 0 Å². The van der Waals surface area contributed by atoms with Gasteiger partial charge in [-0.1, -0.05) is 0 Å². The zero-order valence-corrected chi connectivity index (χ0v) is 14.7. The van der Waals surface area contributed by atoms with Gasteiger partial charge in [0, 0.05) is 16.6 Å². The van der Waals surface area contributed by atoms with Gasteiger partial charge < -0.3 is 24.8 Å². The highest BCUT2D eigenvalue weighted by Gasteiger charge is 2.15. The van der Waals surface area contributed by atoms with Crippen LogP contribution in [0, 0.1) is 6.92 Å². The van der Waals surface area contributed by atoms with Gasteiger partial charge in [0.2, 0.25) is 6.79 Å². The first-order valence-corrected chi connectivity index (χ1v) is 8.52. The van der Waals surface area contributed by atoms with Crippen LogP contribution in [0.25, 0.3) is 0 Å². The molecule has 2 heterocycles. The molecule has 136 valence electrons. The van der Waals surface area contributed by atoms with E-state index in [0.29, 0.717) is 22.1 Å². The fraction of sp³-hybridized carbons (Fsp3) is 0.235. The van der Waals surface area contributed by atoms with Gasteiger partial charge in [0.25, 0.3) is 11.8 Å². The lowest BCUT2D eigenvalue weighted by Gasteiger charge is -2.08. The number of aryl methyl sites for hydroxylation is 1. The van der Waals surface area contributed by atoms with Gasteiger partial charge in [-0.2, -0.15) is 0 Å². The van der Waals surface area contributed by atoms with Crippen molar-refractivity contribution in [3.63, 3.8) is 0 Å². The van der Waals surface area contributed by atoms with Crippen LogP contribution < -0.4 is 20.1 Å². The Hall–Kier alpha value is -3.07. The molecule has 0 aliphatic carbocycles. The highest BCUT2D eigenvalue weighted by Crippen LogP contribution is 2.34. The molecular formula is C17H16N2O6S. The third kappa shape index (κ3) is 4.51. The van der Waals surface area contributed by atoms with E-state index >= 15 is 0 Å². The summed E-state index contributed by atoms with van der Waals surface area (Å²) in [6.45, 7) is 1.25. The Bertz CT molecular complexity index is 848. The molecule has 0 saturated heterocycles. The van der Waals surface area contributed by atoms with Crippen LogP contribution in [0.5, 0.6) is 11.5 Å². The molecule has 2 aromatic rings. The molecule has 2 N–H and O–H groups in total. The van der Waals surface area contributed by atoms with Crippen LogP contribution in [0.2, 0.25) is 0 Å². The maximum absolute atomic E-state index is 11.8. The molecule has 0 atom stereocenters. The van der Waals surface area contributed by atoms with Crippen LogP contribution in [0.4, 0.5) is 5.69 Å². The molecule has 1 aliphatic rings. The standard InChI is InChI=1S/C17H16N2O6S/c1-10-2-5-14(26-10)17(22)18-7-16(21)23-8-15(20)19-11-3-4-12-13(6-11)25-9-24-12/h2-6H,7-9H2,1H3,(H,18,22)(H,19,20). The quantitative estimate of drug-likeness (QED) is 0.744. The van der Waals surface area contributed by atoms with E-state index in [9.17, 15) is 14.4 Å². The summed E-state index contributed by atoms with van der Waals surface area (Å²) in [4.78, 5) is 36.8. The van der Waals surface area contributed by atoms with E-state index in [2.05, 4.69) is 10.6 Å². The number of nitrogens with one attached hydrogen (secondary N) is 2. The molecular weight excluding hydrogens is 360 g/mol. The van der Waals surface area contributed by atoms with E-state index < -0.39 is 18.5 Å². The molecule has 26 heavy (non-hydrogen) atoms. The summed E-state index contributed by atoms with van der Waals surface area (Å²) in [5.74, 6) is -0.424. The monoisotopic (exact) mass is 376 g/mol. The minimum absolute atomic E-state index is 0.140. The number of anilines is 1. The molecule has 0 saturated carbocycles. The lowest BCUT2D eigenvalue weighted by Crippen LogP contribution is -2.31. The summed E-state index contributed by atoms with van der Waals surface area (Å²) in [5.41, 5.74) is 0.497. The average Bonchev–Trinajstić information content (AvgIpc) is 3.26.